The Bertz CT molecular complexity index is 1080. The number of sulfonamides is 1. The van der Waals surface area contributed by atoms with Crippen molar-refractivity contribution >= 4 is 37.5 Å². The Morgan fingerprint density at radius 2 is 1.67 bits per heavy atom. The predicted molar refractivity (Wildman–Crippen MR) is 118 cm³/mol. The van der Waals surface area contributed by atoms with E-state index in [4.69, 9.17) is 0 Å². The van der Waals surface area contributed by atoms with Crippen LogP contribution in [0, 0.1) is 18.3 Å². The van der Waals surface area contributed by atoms with Crippen molar-refractivity contribution in [3.05, 3.63) is 70.3 Å². The molecule has 1 aliphatic heterocycles. The summed E-state index contributed by atoms with van der Waals surface area (Å²) in [5.41, 5.74) is 1.54. The van der Waals surface area contributed by atoms with Gasteiger partial charge in [0.2, 0.25) is 10.0 Å². The molecule has 0 saturated carbocycles. The van der Waals surface area contributed by atoms with Crippen molar-refractivity contribution in [3.63, 3.8) is 0 Å². The molecule has 3 rings (SSSR count). The fraction of sp³-hybridized carbons (Fsp3) is 0.238. The summed E-state index contributed by atoms with van der Waals surface area (Å²) in [6, 6.07) is 15.7. The van der Waals surface area contributed by atoms with Crippen LogP contribution in [0.1, 0.15) is 5.56 Å². The molecule has 156 valence electrons. The fourth-order valence-electron chi connectivity index (χ4n) is 2.98. The number of carbonyl (C=O) groups excluding carboxylic acids is 1. The molecule has 0 atom stereocenters. The molecule has 9 heteroatoms. The SMILES string of the molecule is Cc1ccc(S(=O)(=O)N2CCN(/C=C(/C#N)C(=O)Nc3ccc(Br)cc3)CC2)cc1. The van der Waals surface area contributed by atoms with Crippen LogP contribution in [0.4, 0.5) is 5.69 Å². The molecule has 1 fully saturated rings. The zero-order valence-electron chi connectivity index (χ0n) is 16.4. The predicted octanol–water partition coefficient (Wildman–Crippen LogP) is 3.11. The highest BCUT2D eigenvalue weighted by Crippen LogP contribution is 2.19. The first-order chi connectivity index (χ1) is 14.3. The zero-order chi connectivity index (χ0) is 21.7. The van der Waals surface area contributed by atoms with Crippen molar-refractivity contribution in [3.8, 4) is 6.07 Å². The van der Waals surface area contributed by atoms with Gasteiger partial charge in [0, 0.05) is 42.5 Å². The third-order valence-electron chi connectivity index (χ3n) is 4.71. The van der Waals surface area contributed by atoms with Crippen molar-refractivity contribution in [1.29, 1.82) is 5.26 Å². The summed E-state index contributed by atoms with van der Waals surface area (Å²) in [5.74, 6) is -0.505. The molecule has 30 heavy (non-hydrogen) atoms. The first kappa shape index (κ1) is 22.0. The number of carbonyl (C=O) groups is 1. The van der Waals surface area contributed by atoms with Crippen molar-refractivity contribution in [2.24, 2.45) is 0 Å². The molecule has 1 heterocycles. The van der Waals surface area contributed by atoms with E-state index in [2.05, 4.69) is 21.2 Å². The van der Waals surface area contributed by atoms with Gasteiger partial charge in [-0.3, -0.25) is 4.79 Å². The second kappa shape index (κ2) is 9.43. The van der Waals surface area contributed by atoms with Gasteiger partial charge in [-0.2, -0.15) is 9.57 Å². The van der Waals surface area contributed by atoms with Gasteiger partial charge >= 0.3 is 0 Å². The minimum absolute atomic E-state index is 0.0345. The standard InChI is InChI=1S/C21H21BrN4O3S/c1-16-2-8-20(9-3-16)30(28,29)26-12-10-25(11-13-26)15-17(14-23)21(27)24-19-6-4-18(22)5-7-19/h2-9,15H,10-13H2,1H3,(H,24,27)/b17-15-. The van der Waals surface area contributed by atoms with Crippen LogP contribution >= 0.6 is 15.9 Å². The summed E-state index contributed by atoms with van der Waals surface area (Å²) < 4.78 is 27.9. The normalized spacial score (nSPS) is 15.5. The molecular formula is C21H21BrN4O3S. The molecule has 1 amide bonds. The number of anilines is 1. The molecule has 1 aliphatic rings. The number of halogens is 1. The van der Waals surface area contributed by atoms with E-state index in [9.17, 15) is 18.5 Å². The Morgan fingerprint density at radius 1 is 1.07 bits per heavy atom. The molecule has 2 aromatic carbocycles. The minimum Gasteiger partial charge on any atom is -0.373 e. The van der Waals surface area contributed by atoms with E-state index in [0.29, 0.717) is 18.8 Å². The summed E-state index contributed by atoms with van der Waals surface area (Å²) in [5, 5.41) is 12.1. The first-order valence-corrected chi connectivity index (χ1v) is 11.5. The molecule has 0 spiro atoms. The summed E-state index contributed by atoms with van der Waals surface area (Å²) in [6.07, 6.45) is 1.49. The monoisotopic (exact) mass is 488 g/mol. The lowest BCUT2D eigenvalue weighted by atomic mass is 10.2. The number of nitrogens with zero attached hydrogens (tertiary/aromatic N) is 3. The first-order valence-electron chi connectivity index (χ1n) is 9.29. The lowest BCUT2D eigenvalue weighted by Crippen LogP contribution is -2.46. The van der Waals surface area contributed by atoms with Gasteiger partial charge in [0.05, 0.1) is 4.90 Å². The number of nitriles is 1. The van der Waals surface area contributed by atoms with E-state index in [1.165, 1.54) is 10.5 Å². The molecular weight excluding hydrogens is 468 g/mol. The second-order valence-corrected chi connectivity index (χ2v) is 9.72. The van der Waals surface area contributed by atoms with Gasteiger partial charge in [0.1, 0.15) is 11.6 Å². The third kappa shape index (κ3) is 5.27. The van der Waals surface area contributed by atoms with Crippen molar-refractivity contribution in [1.82, 2.24) is 9.21 Å². The van der Waals surface area contributed by atoms with Crippen molar-refractivity contribution in [2.75, 3.05) is 31.5 Å². The summed E-state index contributed by atoms with van der Waals surface area (Å²) >= 11 is 3.33. The minimum atomic E-state index is -3.56. The van der Waals surface area contributed by atoms with Crippen LogP contribution in [-0.2, 0) is 14.8 Å². The third-order valence-corrected chi connectivity index (χ3v) is 7.15. The number of aryl methyl sites for hydroxylation is 1. The number of hydrogen-bond donors (Lipinski definition) is 1. The largest absolute Gasteiger partial charge is 0.373 e. The van der Waals surface area contributed by atoms with Crippen molar-refractivity contribution < 1.29 is 13.2 Å². The molecule has 2 aromatic rings. The highest BCUT2D eigenvalue weighted by molar-refractivity contribution is 9.10. The number of hydrogen-bond acceptors (Lipinski definition) is 5. The van der Waals surface area contributed by atoms with Gasteiger partial charge in [0.15, 0.2) is 0 Å². The number of benzene rings is 2. The molecule has 0 aromatic heterocycles. The van der Waals surface area contributed by atoms with Crippen LogP contribution in [0.2, 0.25) is 0 Å². The number of rotatable bonds is 5. The highest BCUT2D eigenvalue weighted by Gasteiger charge is 2.28. The van der Waals surface area contributed by atoms with E-state index >= 15 is 0 Å². The molecule has 0 unspecified atom stereocenters. The molecule has 1 saturated heterocycles. The summed E-state index contributed by atoms with van der Waals surface area (Å²) in [4.78, 5) is 14.5. The second-order valence-electron chi connectivity index (χ2n) is 6.87. The smallest absolute Gasteiger partial charge is 0.267 e. The van der Waals surface area contributed by atoms with E-state index in [1.807, 2.05) is 13.0 Å². The summed E-state index contributed by atoms with van der Waals surface area (Å²) in [6.45, 7) is 3.24. The van der Waals surface area contributed by atoms with Crippen LogP contribution in [0.25, 0.3) is 0 Å². The lowest BCUT2D eigenvalue weighted by Gasteiger charge is -2.33. The quantitative estimate of drug-likeness (QED) is 0.515. The van der Waals surface area contributed by atoms with Crippen LogP contribution in [0.5, 0.6) is 0 Å². The Balaban J connectivity index is 1.63. The van der Waals surface area contributed by atoms with Gasteiger partial charge in [-0.25, -0.2) is 8.42 Å². The number of nitrogens with one attached hydrogen (secondary N) is 1. The zero-order valence-corrected chi connectivity index (χ0v) is 18.8. The van der Waals surface area contributed by atoms with Crippen molar-refractivity contribution in [2.45, 2.75) is 11.8 Å². The van der Waals surface area contributed by atoms with E-state index in [-0.39, 0.29) is 23.6 Å². The maximum absolute atomic E-state index is 12.8. The molecule has 1 N–H and O–H groups in total. The van der Waals surface area contributed by atoms with Crippen LogP contribution < -0.4 is 5.32 Å². The van der Waals surface area contributed by atoms with Crippen LogP contribution in [0.3, 0.4) is 0 Å². The number of piperazine rings is 1. The van der Waals surface area contributed by atoms with Crippen LogP contribution in [0.15, 0.2) is 69.7 Å². The fourth-order valence-corrected chi connectivity index (χ4v) is 4.67. The van der Waals surface area contributed by atoms with E-state index in [0.717, 1.165) is 10.0 Å². The maximum atomic E-state index is 12.8. The highest BCUT2D eigenvalue weighted by atomic mass is 79.9. The topological polar surface area (TPSA) is 93.5 Å². The summed E-state index contributed by atoms with van der Waals surface area (Å²) in [7, 11) is -3.56. The van der Waals surface area contributed by atoms with Crippen LogP contribution in [-0.4, -0.2) is 49.7 Å². The van der Waals surface area contributed by atoms with Gasteiger partial charge in [-0.1, -0.05) is 33.6 Å². The average molecular weight is 489 g/mol. The molecule has 0 bridgehead atoms. The van der Waals surface area contributed by atoms with E-state index < -0.39 is 15.9 Å². The Kier molecular flexibility index (Phi) is 6.92. The Hall–Kier alpha value is -2.67. The van der Waals surface area contributed by atoms with Gasteiger partial charge in [-0.05, 0) is 43.3 Å². The van der Waals surface area contributed by atoms with Gasteiger partial charge < -0.3 is 10.2 Å². The molecule has 0 aliphatic carbocycles. The number of amides is 1. The molecule has 0 radical (unpaired) electrons. The van der Waals surface area contributed by atoms with Gasteiger partial charge in [0.25, 0.3) is 5.91 Å². The maximum Gasteiger partial charge on any atom is 0.267 e. The Labute approximate surface area is 184 Å². The van der Waals surface area contributed by atoms with Gasteiger partial charge in [-0.15, -0.1) is 0 Å². The Morgan fingerprint density at radius 3 is 2.23 bits per heavy atom. The molecule has 7 nitrogen and oxygen atoms in total. The van der Waals surface area contributed by atoms with E-state index in [1.54, 1.807) is 53.4 Å². The average Bonchev–Trinajstić information content (AvgIpc) is 2.74. The lowest BCUT2D eigenvalue weighted by molar-refractivity contribution is -0.112.